The number of nitrogens with one attached hydrogen (secondary N) is 1. The number of ether oxygens (including phenoxy) is 1. The zero-order chi connectivity index (χ0) is 20.1. The lowest BCUT2D eigenvalue weighted by Gasteiger charge is -2.35. The van der Waals surface area contributed by atoms with E-state index in [9.17, 15) is 4.79 Å². The third-order valence-electron chi connectivity index (χ3n) is 5.00. The Kier molecular flexibility index (Phi) is 6.07. The van der Waals surface area contributed by atoms with Gasteiger partial charge in [-0.1, -0.05) is 18.2 Å². The quantitative estimate of drug-likeness (QED) is 0.676. The van der Waals surface area contributed by atoms with Gasteiger partial charge < -0.3 is 15.0 Å². The Labute approximate surface area is 174 Å². The summed E-state index contributed by atoms with van der Waals surface area (Å²) in [5.41, 5.74) is 3.09. The van der Waals surface area contributed by atoms with Gasteiger partial charge in [0.2, 0.25) is 5.91 Å². The van der Waals surface area contributed by atoms with Crippen LogP contribution >= 0.6 is 11.3 Å². The Bertz CT molecular complexity index is 935. The van der Waals surface area contributed by atoms with E-state index in [-0.39, 0.29) is 5.91 Å². The highest BCUT2D eigenvalue weighted by atomic mass is 32.1. The van der Waals surface area contributed by atoms with E-state index in [2.05, 4.69) is 44.4 Å². The summed E-state index contributed by atoms with van der Waals surface area (Å²) in [6.45, 7) is 3.99. The van der Waals surface area contributed by atoms with Crippen LogP contribution in [0, 0.1) is 0 Å². The molecule has 7 heteroatoms. The predicted molar refractivity (Wildman–Crippen MR) is 118 cm³/mol. The van der Waals surface area contributed by atoms with Gasteiger partial charge in [0, 0.05) is 42.8 Å². The standard InChI is InChI=1S/C22H24N4O2S/c1-28-19-9-7-17(8-10-19)20-16-29-22(23-20)24-21(27)15-25-11-13-26(14-12-25)18-5-3-2-4-6-18/h2-10,16H,11-15H2,1H3,(H,23,24,27). The molecule has 0 saturated carbocycles. The molecule has 0 spiro atoms. The van der Waals surface area contributed by atoms with Crippen molar-refractivity contribution in [2.75, 3.05) is 50.1 Å². The number of anilines is 2. The van der Waals surface area contributed by atoms with E-state index in [1.165, 1.54) is 17.0 Å². The molecule has 0 radical (unpaired) electrons. The molecule has 2 heterocycles. The largest absolute Gasteiger partial charge is 0.497 e. The van der Waals surface area contributed by atoms with Crippen LogP contribution in [-0.2, 0) is 4.79 Å². The summed E-state index contributed by atoms with van der Waals surface area (Å²) in [4.78, 5) is 21.5. The molecule has 1 amide bonds. The molecule has 0 aliphatic carbocycles. The van der Waals surface area contributed by atoms with Crippen LogP contribution in [0.2, 0.25) is 0 Å². The van der Waals surface area contributed by atoms with E-state index in [1.807, 2.05) is 35.7 Å². The zero-order valence-corrected chi connectivity index (χ0v) is 17.2. The molecular weight excluding hydrogens is 384 g/mol. The molecule has 2 aromatic carbocycles. The van der Waals surface area contributed by atoms with Gasteiger partial charge in [0.15, 0.2) is 5.13 Å². The summed E-state index contributed by atoms with van der Waals surface area (Å²) in [5, 5.41) is 5.52. The number of carbonyl (C=O) groups is 1. The van der Waals surface area contributed by atoms with Gasteiger partial charge in [0.25, 0.3) is 0 Å². The Hall–Kier alpha value is -2.90. The molecule has 29 heavy (non-hydrogen) atoms. The number of piperazine rings is 1. The zero-order valence-electron chi connectivity index (χ0n) is 16.4. The molecule has 1 aromatic heterocycles. The molecule has 1 fully saturated rings. The highest BCUT2D eigenvalue weighted by Crippen LogP contribution is 2.26. The van der Waals surface area contributed by atoms with E-state index in [0.717, 1.165) is 43.2 Å². The monoisotopic (exact) mass is 408 g/mol. The smallest absolute Gasteiger partial charge is 0.240 e. The van der Waals surface area contributed by atoms with Crippen LogP contribution < -0.4 is 15.0 Å². The lowest BCUT2D eigenvalue weighted by atomic mass is 10.2. The van der Waals surface area contributed by atoms with Crippen molar-refractivity contribution in [2.24, 2.45) is 0 Å². The first-order chi connectivity index (χ1) is 14.2. The van der Waals surface area contributed by atoms with Crippen molar-refractivity contribution >= 4 is 28.1 Å². The van der Waals surface area contributed by atoms with Gasteiger partial charge in [0.05, 0.1) is 19.3 Å². The minimum absolute atomic E-state index is 0.0196. The Morgan fingerprint density at radius 3 is 2.48 bits per heavy atom. The molecule has 1 saturated heterocycles. The second kappa shape index (κ2) is 9.07. The second-order valence-electron chi connectivity index (χ2n) is 6.91. The maximum Gasteiger partial charge on any atom is 0.240 e. The summed E-state index contributed by atoms with van der Waals surface area (Å²) in [6.07, 6.45) is 0. The molecule has 6 nitrogen and oxygen atoms in total. The van der Waals surface area contributed by atoms with E-state index in [0.29, 0.717) is 11.7 Å². The number of nitrogens with zero attached hydrogens (tertiary/aromatic N) is 3. The summed E-state index contributed by atoms with van der Waals surface area (Å²) >= 11 is 1.44. The van der Waals surface area contributed by atoms with Gasteiger partial charge in [-0.15, -0.1) is 11.3 Å². The lowest BCUT2D eigenvalue weighted by Crippen LogP contribution is -2.48. The highest BCUT2D eigenvalue weighted by molar-refractivity contribution is 7.14. The number of thiazole rings is 1. The maximum atomic E-state index is 12.4. The van der Waals surface area contributed by atoms with Crippen molar-refractivity contribution < 1.29 is 9.53 Å². The fraction of sp³-hybridized carbons (Fsp3) is 0.273. The highest BCUT2D eigenvalue weighted by Gasteiger charge is 2.19. The number of benzene rings is 2. The average Bonchev–Trinajstić information content (AvgIpc) is 3.23. The first-order valence-electron chi connectivity index (χ1n) is 9.63. The van der Waals surface area contributed by atoms with E-state index >= 15 is 0 Å². The number of hydrogen-bond acceptors (Lipinski definition) is 6. The van der Waals surface area contributed by atoms with Gasteiger partial charge >= 0.3 is 0 Å². The fourth-order valence-corrected chi connectivity index (χ4v) is 4.13. The maximum absolute atomic E-state index is 12.4. The number of methoxy groups -OCH3 is 1. The second-order valence-corrected chi connectivity index (χ2v) is 7.77. The van der Waals surface area contributed by atoms with Gasteiger partial charge in [-0.25, -0.2) is 4.98 Å². The van der Waals surface area contributed by atoms with Gasteiger partial charge in [-0.2, -0.15) is 0 Å². The van der Waals surface area contributed by atoms with Crippen LogP contribution in [0.3, 0.4) is 0 Å². The van der Waals surface area contributed by atoms with E-state index < -0.39 is 0 Å². The number of aromatic nitrogens is 1. The molecule has 3 aromatic rings. The molecule has 0 unspecified atom stereocenters. The lowest BCUT2D eigenvalue weighted by molar-refractivity contribution is -0.117. The van der Waals surface area contributed by atoms with Crippen LogP contribution in [-0.4, -0.2) is 55.6 Å². The van der Waals surface area contributed by atoms with Crippen LogP contribution in [0.15, 0.2) is 60.0 Å². The van der Waals surface area contributed by atoms with Crippen molar-refractivity contribution in [2.45, 2.75) is 0 Å². The van der Waals surface area contributed by atoms with Gasteiger partial charge in [-0.3, -0.25) is 9.69 Å². The molecule has 150 valence electrons. The SMILES string of the molecule is COc1ccc(-c2csc(NC(=O)CN3CCN(c4ccccc4)CC3)n2)cc1. The summed E-state index contributed by atoms with van der Waals surface area (Å²) in [5.74, 6) is 0.790. The van der Waals surface area contributed by atoms with E-state index in [4.69, 9.17) is 4.74 Å². The minimum atomic E-state index is -0.0196. The van der Waals surface area contributed by atoms with Crippen molar-refractivity contribution in [3.63, 3.8) is 0 Å². The normalized spacial score (nSPS) is 14.6. The van der Waals surface area contributed by atoms with Gasteiger partial charge in [0.1, 0.15) is 5.75 Å². The fourth-order valence-electron chi connectivity index (χ4n) is 3.39. The number of hydrogen-bond donors (Lipinski definition) is 1. The summed E-state index contributed by atoms with van der Waals surface area (Å²) in [7, 11) is 1.65. The predicted octanol–water partition coefficient (Wildman–Crippen LogP) is 3.58. The van der Waals surface area contributed by atoms with Crippen molar-refractivity contribution in [3.8, 4) is 17.0 Å². The number of para-hydroxylation sites is 1. The van der Waals surface area contributed by atoms with E-state index in [1.54, 1.807) is 7.11 Å². The third-order valence-corrected chi connectivity index (χ3v) is 5.75. The van der Waals surface area contributed by atoms with Crippen molar-refractivity contribution in [3.05, 3.63) is 60.0 Å². The Balaban J connectivity index is 1.27. The molecular formula is C22H24N4O2S. The third kappa shape index (κ3) is 4.93. The molecule has 1 aliphatic rings. The topological polar surface area (TPSA) is 57.7 Å². The van der Waals surface area contributed by atoms with Crippen LogP contribution in [0.5, 0.6) is 5.75 Å². The molecule has 0 atom stereocenters. The van der Waals surface area contributed by atoms with Gasteiger partial charge in [-0.05, 0) is 36.4 Å². The first kappa shape index (κ1) is 19.4. The summed E-state index contributed by atoms with van der Waals surface area (Å²) < 4.78 is 5.18. The molecule has 4 rings (SSSR count). The average molecular weight is 409 g/mol. The van der Waals surface area contributed by atoms with Crippen LogP contribution in [0.25, 0.3) is 11.3 Å². The number of carbonyl (C=O) groups excluding carboxylic acids is 1. The first-order valence-corrected chi connectivity index (χ1v) is 10.5. The van der Waals surface area contributed by atoms with Crippen molar-refractivity contribution in [1.29, 1.82) is 0 Å². The Morgan fingerprint density at radius 1 is 1.07 bits per heavy atom. The molecule has 0 bridgehead atoms. The summed E-state index contributed by atoms with van der Waals surface area (Å²) in [6, 6.07) is 18.1. The molecule has 1 aliphatic heterocycles. The molecule has 1 N–H and O–H groups in total. The van der Waals surface area contributed by atoms with Crippen molar-refractivity contribution in [1.82, 2.24) is 9.88 Å². The van der Waals surface area contributed by atoms with Crippen LogP contribution in [0.1, 0.15) is 0 Å². The minimum Gasteiger partial charge on any atom is -0.497 e. The Morgan fingerprint density at radius 2 is 1.79 bits per heavy atom. The number of amides is 1. The number of rotatable bonds is 6. The van der Waals surface area contributed by atoms with Crippen LogP contribution in [0.4, 0.5) is 10.8 Å².